The number of hydrogen-bond donors (Lipinski definition) is 3. The van der Waals surface area contributed by atoms with Crippen LogP contribution in [0.1, 0.15) is 35.3 Å². The number of hydrogen-bond acceptors (Lipinski definition) is 6. The van der Waals surface area contributed by atoms with E-state index >= 15 is 0 Å². The fourth-order valence-electron chi connectivity index (χ4n) is 4.93. The quantitative estimate of drug-likeness (QED) is 0.301. The molecule has 0 bridgehead atoms. The zero-order valence-electron chi connectivity index (χ0n) is 20.3. The van der Waals surface area contributed by atoms with E-state index in [0.29, 0.717) is 23.5 Å². The van der Waals surface area contributed by atoms with Gasteiger partial charge in [0.1, 0.15) is 24.2 Å². The molecule has 2 aliphatic rings. The van der Waals surface area contributed by atoms with Crippen LogP contribution in [0.5, 0.6) is 11.5 Å². The van der Waals surface area contributed by atoms with Gasteiger partial charge in [0.05, 0.1) is 6.67 Å². The van der Waals surface area contributed by atoms with E-state index in [1.165, 1.54) is 6.21 Å². The van der Waals surface area contributed by atoms with E-state index in [0.717, 1.165) is 59.0 Å². The molecule has 5 N–H and O–H groups in total. The highest BCUT2D eigenvalue weighted by molar-refractivity contribution is 5.97. The fourth-order valence-corrected chi connectivity index (χ4v) is 4.93. The average Bonchev–Trinajstić information content (AvgIpc) is 2.86. The molecule has 2 heterocycles. The third-order valence-corrected chi connectivity index (χ3v) is 6.98. The third-order valence-electron chi connectivity index (χ3n) is 6.98. The Bertz CT molecular complexity index is 1300. The number of anilines is 2. The van der Waals surface area contributed by atoms with Gasteiger partial charge >= 0.3 is 0 Å². The molecular weight excluding hydrogens is 455 g/mol. The summed E-state index contributed by atoms with van der Waals surface area (Å²) in [5, 5.41) is 7.74. The number of likely N-dealkylation sites (tertiary alicyclic amines) is 1. The summed E-state index contributed by atoms with van der Waals surface area (Å²) in [6, 6.07) is 19.4. The van der Waals surface area contributed by atoms with Crippen LogP contribution in [0.15, 0.2) is 60.7 Å². The van der Waals surface area contributed by atoms with Gasteiger partial charge in [-0.25, -0.2) is 0 Å². The maximum absolute atomic E-state index is 12.6. The summed E-state index contributed by atoms with van der Waals surface area (Å²) >= 11 is 0. The summed E-state index contributed by atoms with van der Waals surface area (Å²) < 4.78 is 25.1. The lowest BCUT2D eigenvalue weighted by Gasteiger charge is -2.37. The number of nitrogens with one attached hydrogen (secondary N) is 1. The molecule has 0 aromatic heterocycles. The van der Waals surface area contributed by atoms with E-state index < -0.39 is 0 Å². The fraction of sp³-hybridized carbons (Fsp3) is 0.276. The van der Waals surface area contributed by atoms with E-state index in [4.69, 9.17) is 26.4 Å². The molecule has 0 saturated carbocycles. The van der Waals surface area contributed by atoms with Gasteiger partial charge in [-0.3, -0.25) is 9.29 Å². The van der Waals surface area contributed by atoms with E-state index in [1.807, 2.05) is 60.7 Å². The van der Waals surface area contributed by atoms with Crippen molar-refractivity contribution >= 4 is 28.7 Å². The van der Waals surface area contributed by atoms with Gasteiger partial charge in [-0.1, -0.05) is 18.2 Å². The normalized spacial score (nSPS) is 17.8. The SMILES string of the molecule is CC1=C(c2ccc(N)c(C=N)c2)C(c2ccc(OCCN3CC(CF)C3)cc2)Oc2ccc(N)cc21. The second kappa shape index (κ2) is 10.0. The molecule has 1 atom stereocenters. The van der Waals surface area contributed by atoms with Crippen molar-refractivity contribution in [3.05, 3.63) is 82.9 Å². The number of allylic oxidation sites excluding steroid dienone is 1. The number of benzene rings is 3. The molecule has 0 radical (unpaired) electrons. The minimum Gasteiger partial charge on any atom is -0.492 e. The van der Waals surface area contributed by atoms with Gasteiger partial charge in [0.2, 0.25) is 0 Å². The first-order valence-corrected chi connectivity index (χ1v) is 12.2. The van der Waals surface area contributed by atoms with Gasteiger partial charge in [-0.2, -0.15) is 0 Å². The number of nitrogen functional groups attached to an aromatic ring is 2. The van der Waals surface area contributed by atoms with E-state index in [-0.39, 0.29) is 18.7 Å². The van der Waals surface area contributed by atoms with Crippen molar-refractivity contribution in [2.75, 3.05) is 44.4 Å². The van der Waals surface area contributed by atoms with E-state index in [2.05, 4.69) is 11.8 Å². The van der Waals surface area contributed by atoms with Crippen LogP contribution < -0.4 is 20.9 Å². The molecular formula is C29H31FN4O2. The average molecular weight is 487 g/mol. The van der Waals surface area contributed by atoms with Crippen molar-refractivity contribution in [3.63, 3.8) is 0 Å². The standard InChI is InChI=1S/C29H31FN4O2/c1-18-25-13-23(32)5-9-27(25)36-29(28(18)21-4-8-26(33)22(12-21)15-31)20-2-6-24(7-3-20)35-11-10-34-16-19(14-30)17-34/h2-9,12-13,15,19,29,31H,10-11,14,16-17,32-33H2,1H3. The molecule has 3 aromatic rings. The van der Waals surface area contributed by atoms with Gasteiger partial charge < -0.3 is 26.4 Å². The highest BCUT2D eigenvalue weighted by atomic mass is 19.1. The Hall–Kier alpha value is -3.84. The Balaban J connectivity index is 1.41. The number of rotatable bonds is 8. The van der Waals surface area contributed by atoms with Crippen LogP contribution in [0.2, 0.25) is 0 Å². The Morgan fingerprint density at radius 3 is 2.58 bits per heavy atom. The second-order valence-corrected chi connectivity index (χ2v) is 9.48. The topological polar surface area (TPSA) is 97.6 Å². The lowest BCUT2D eigenvalue weighted by atomic mass is 9.85. The number of halogens is 1. The highest BCUT2D eigenvalue weighted by Crippen LogP contribution is 2.47. The molecule has 186 valence electrons. The number of alkyl halides is 1. The minimum atomic E-state index is -0.351. The van der Waals surface area contributed by atoms with Gasteiger partial charge in [0.25, 0.3) is 0 Å². The molecule has 1 unspecified atom stereocenters. The molecule has 1 fully saturated rings. The smallest absolute Gasteiger partial charge is 0.150 e. The Morgan fingerprint density at radius 2 is 1.86 bits per heavy atom. The summed E-state index contributed by atoms with van der Waals surface area (Å²) in [4.78, 5) is 2.20. The molecule has 0 amide bonds. The Morgan fingerprint density at radius 1 is 1.08 bits per heavy atom. The summed E-state index contributed by atoms with van der Waals surface area (Å²) in [5.41, 5.74) is 19.0. The molecule has 6 nitrogen and oxygen atoms in total. The van der Waals surface area contributed by atoms with Gasteiger partial charge in [-0.15, -0.1) is 0 Å². The van der Waals surface area contributed by atoms with Gasteiger partial charge in [0.15, 0.2) is 0 Å². The highest BCUT2D eigenvalue weighted by Gasteiger charge is 2.30. The number of ether oxygens (including phenoxy) is 2. The van der Waals surface area contributed by atoms with Crippen molar-refractivity contribution in [2.24, 2.45) is 5.92 Å². The van der Waals surface area contributed by atoms with Crippen molar-refractivity contribution < 1.29 is 13.9 Å². The minimum absolute atomic E-state index is 0.184. The second-order valence-electron chi connectivity index (χ2n) is 9.48. The van der Waals surface area contributed by atoms with Crippen LogP contribution >= 0.6 is 0 Å². The van der Waals surface area contributed by atoms with Crippen LogP contribution in [0, 0.1) is 11.3 Å². The largest absolute Gasteiger partial charge is 0.492 e. The molecule has 1 saturated heterocycles. The van der Waals surface area contributed by atoms with Crippen LogP contribution in [0.3, 0.4) is 0 Å². The zero-order chi connectivity index (χ0) is 25.2. The third kappa shape index (κ3) is 4.66. The molecule has 5 rings (SSSR count). The first-order valence-electron chi connectivity index (χ1n) is 12.2. The van der Waals surface area contributed by atoms with E-state index in [9.17, 15) is 4.39 Å². The molecule has 7 heteroatoms. The molecule has 36 heavy (non-hydrogen) atoms. The zero-order valence-corrected chi connectivity index (χ0v) is 20.3. The first-order chi connectivity index (χ1) is 17.5. The molecule has 3 aromatic carbocycles. The predicted molar refractivity (Wildman–Crippen MR) is 143 cm³/mol. The summed E-state index contributed by atoms with van der Waals surface area (Å²) in [5.74, 6) is 1.74. The molecule has 0 aliphatic carbocycles. The van der Waals surface area contributed by atoms with E-state index in [1.54, 1.807) is 0 Å². The van der Waals surface area contributed by atoms with Crippen LogP contribution in [0.25, 0.3) is 11.1 Å². The summed E-state index contributed by atoms with van der Waals surface area (Å²) in [7, 11) is 0. The van der Waals surface area contributed by atoms with Crippen LogP contribution in [-0.4, -0.2) is 44.0 Å². The van der Waals surface area contributed by atoms with Crippen molar-refractivity contribution in [1.82, 2.24) is 4.90 Å². The Labute approximate surface area is 210 Å². The summed E-state index contributed by atoms with van der Waals surface area (Å²) in [6.45, 7) is 4.81. The number of nitrogens with zero attached hydrogens (tertiary/aromatic N) is 1. The first kappa shape index (κ1) is 23.9. The molecule has 0 spiro atoms. The lowest BCUT2D eigenvalue weighted by molar-refractivity contribution is 0.0668. The molecule has 2 aliphatic heterocycles. The van der Waals surface area contributed by atoms with Gasteiger partial charge in [0, 0.05) is 59.8 Å². The van der Waals surface area contributed by atoms with Gasteiger partial charge in [-0.05, 0) is 66.1 Å². The van der Waals surface area contributed by atoms with Crippen LogP contribution in [0.4, 0.5) is 15.8 Å². The van der Waals surface area contributed by atoms with Crippen LogP contribution in [-0.2, 0) is 0 Å². The van der Waals surface area contributed by atoms with Crippen molar-refractivity contribution in [1.29, 1.82) is 5.41 Å². The van der Waals surface area contributed by atoms with Crippen molar-refractivity contribution in [3.8, 4) is 11.5 Å². The maximum Gasteiger partial charge on any atom is 0.150 e. The number of fused-ring (bicyclic) bond motifs is 1. The monoisotopic (exact) mass is 486 g/mol. The Kier molecular flexibility index (Phi) is 6.65. The number of nitrogens with two attached hydrogens (primary N) is 2. The summed E-state index contributed by atoms with van der Waals surface area (Å²) in [6.07, 6.45) is 0.916. The van der Waals surface area contributed by atoms with Crippen molar-refractivity contribution in [2.45, 2.75) is 13.0 Å². The predicted octanol–water partition coefficient (Wildman–Crippen LogP) is 5.19. The lowest BCUT2D eigenvalue weighted by Crippen LogP contribution is -2.49. The maximum atomic E-state index is 12.6.